The first-order chi connectivity index (χ1) is 16.8. The lowest BCUT2D eigenvalue weighted by Gasteiger charge is -2.25. The molecule has 1 N–H and O–H groups in total. The molecule has 2 aromatic carbocycles. The SMILES string of the molecule is CCOC(=O)C1=C(C)N=c2sc(=Cc3cccc([N+](=O)[O-])c3O)c(=O)n2[C@@H]1c1ccccc1OC. The second-order valence-electron chi connectivity index (χ2n) is 7.52. The predicted octanol–water partition coefficient (Wildman–Crippen LogP) is 2.42. The Bertz CT molecular complexity index is 1550. The van der Waals surface area contributed by atoms with Gasteiger partial charge in [-0.3, -0.25) is 19.5 Å². The maximum atomic E-state index is 13.6. The van der Waals surface area contributed by atoms with Gasteiger partial charge in [0.05, 0.1) is 34.4 Å². The number of esters is 1. The van der Waals surface area contributed by atoms with Gasteiger partial charge >= 0.3 is 11.7 Å². The number of carbonyl (C=O) groups excluding carboxylic acids is 1. The molecule has 3 aromatic rings. The number of para-hydroxylation sites is 2. The van der Waals surface area contributed by atoms with E-state index in [2.05, 4.69) is 4.99 Å². The van der Waals surface area contributed by atoms with Crippen LogP contribution in [0.5, 0.6) is 11.5 Å². The van der Waals surface area contributed by atoms with Crippen LogP contribution < -0.4 is 19.6 Å². The molecule has 1 aliphatic heterocycles. The number of nitrogens with zero attached hydrogens (tertiary/aromatic N) is 3. The van der Waals surface area contributed by atoms with Gasteiger partial charge < -0.3 is 14.6 Å². The zero-order valence-corrected chi connectivity index (χ0v) is 19.9. The normalized spacial score (nSPS) is 15.4. The van der Waals surface area contributed by atoms with Gasteiger partial charge in [-0.1, -0.05) is 41.7 Å². The van der Waals surface area contributed by atoms with Crippen molar-refractivity contribution in [3.8, 4) is 11.5 Å². The fourth-order valence-electron chi connectivity index (χ4n) is 3.93. The molecule has 4 rings (SSSR count). The number of aromatic hydroxyl groups is 1. The van der Waals surface area contributed by atoms with E-state index in [0.29, 0.717) is 21.8 Å². The quantitative estimate of drug-likeness (QED) is 0.315. The van der Waals surface area contributed by atoms with Crippen LogP contribution in [0.25, 0.3) is 6.08 Å². The van der Waals surface area contributed by atoms with Crippen LogP contribution >= 0.6 is 11.3 Å². The Hall–Kier alpha value is -4.25. The number of carbonyl (C=O) groups is 1. The maximum absolute atomic E-state index is 13.6. The number of nitro groups is 1. The molecule has 0 saturated carbocycles. The van der Waals surface area contributed by atoms with Gasteiger partial charge in [-0.2, -0.15) is 0 Å². The topological polar surface area (TPSA) is 133 Å². The van der Waals surface area contributed by atoms with E-state index in [1.165, 1.54) is 36.0 Å². The van der Waals surface area contributed by atoms with E-state index in [1.807, 2.05) is 0 Å². The molecule has 35 heavy (non-hydrogen) atoms. The summed E-state index contributed by atoms with van der Waals surface area (Å²) in [6, 6.07) is 10.2. The third kappa shape index (κ3) is 4.21. The minimum Gasteiger partial charge on any atom is -0.502 e. The number of allylic oxidation sites excluding steroid dienone is 1. The highest BCUT2D eigenvalue weighted by Gasteiger charge is 2.35. The van der Waals surface area contributed by atoms with E-state index in [4.69, 9.17) is 9.47 Å². The van der Waals surface area contributed by atoms with Gasteiger partial charge in [-0.05, 0) is 26.0 Å². The smallest absolute Gasteiger partial charge is 0.338 e. The van der Waals surface area contributed by atoms with E-state index in [-0.39, 0.29) is 22.3 Å². The molecule has 1 aliphatic rings. The number of phenols is 1. The Morgan fingerprint density at radius 3 is 2.71 bits per heavy atom. The summed E-state index contributed by atoms with van der Waals surface area (Å²) in [4.78, 5) is 41.9. The molecule has 0 radical (unpaired) electrons. The van der Waals surface area contributed by atoms with Crippen molar-refractivity contribution in [3.05, 3.63) is 94.7 Å². The number of rotatable bonds is 6. The molecular weight excluding hydrogens is 474 g/mol. The van der Waals surface area contributed by atoms with Crippen LogP contribution in [0.1, 0.15) is 31.0 Å². The highest BCUT2D eigenvalue weighted by Crippen LogP contribution is 2.35. The van der Waals surface area contributed by atoms with Crippen LogP contribution in [0.4, 0.5) is 5.69 Å². The lowest BCUT2D eigenvalue weighted by atomic mass is 9.95. The number of aromatic nitrogens is 1. The summed E-state index contributed by atoms with van der Waals surface area (Å²) in [6.45, 7) is 3.50. The summed E-state index contributed by atoms with van der Waals surface area (Å²) in [5, 5.41) is 21.5. The van der Waals surface area contributed by atoms with Gasteiger partial charge in [0.25, 0.3) is 5.56 Å². The van der Waals surface area contributed by atoms with Crippen molar-refractivity contribution in [3.63, 3.8) is 0 Å². The van der Waals surface area contributed by atoms with E-state index in [9.17, 15) is 24.8 Å². The van der Waals surface area contributed by atoms with Crippen LogP contribution in [0.2, 0.25) is 0 Å². The Kier molecular flexibility index (Phi) is 6.52. The van der Waals surface area contributed by atoms with Crippen molar-refractivity contribution in [2.75, 3.05) is 13.7 Å². The third-order valence-corrected chi connectivity index (χ3v) is 6.46. The minimum atomic E-state index is -0.873. The van der Waals surface area contributed by atoms with Crippen LogP contribution in [0.15, 0.2) is 63.5 Å². The Morgan fingerprint density at radius 1 is 1.29 bits per heavy atom. The van der Waals surface area contributed by atoms with Gasteiger partial charge in [0, 0.05) is 17.2 Å². The summed E-state index contributed by atoms with van der Waals surface area (Å²) in [6.07, 6.45) is 1.37. The second-order valence-corrected chi connectivity index (χ2v) is 8.53. The number of phenolic OH excluding ortho intramolecular Hbond substituents is 1. The monoisotopic (exact) mass is 495 g/mol. The van der Waals surface area contributed by atoms with Crippen molar-refractivity contribution in [1.82, 2.24) is 4.57 Å². The third-order valence-electron chi connectivity index (χ3n) is 5.48. The average molecular weight is 496 g/mol. The summed E-state index contributed by atoms with van der Waals surface area (Å²) in [7, 11) is 1.49. The first-order valence-electron chi connectivity index (χ1n) is 10.6. The number of hydrogen-bond donors (Lipinski definition) is 1. The fourth-order valence-corrected chi connectivity index (χ4v) is 4.97. The lowest BCUT2D eigenvalue weighted by molar-refractivity contribution is -0.385. The summed E-state index contributed by atoms with van der Waals surface area (Å²) < 4.78 is 12.3. The first-order valence-corrected chi connectivity index (χ1v) is 11.4. The minimum absolute atomic E-state index is 0.111. The van der Waals surface area contributed by atoms with Crippen LogP contribution in [-0.4, -0.2) is 34.3 Å². The molecule has 0 aliphatic carbocycles. The molecule has 1 aromatic heterocycles. The number of benzene rings is 2. The van der Waals surface area contributed by atoms with Crippen molar-refractivity contribution in [1.29, 1.82) is 0 Å². The predicted molar refractivity (Wildman–Crippen MR) is 128 cm³/mol. The molecule has 180 valence electrons. The number of ether oxygens (including phenoxy) is 2. The highest BCUT2D eigenvalue weighted by atomic mass is 32.1. The number of hydrogen-bond acceptors (Lipinski definition) is 9. The van der Waals surface area contributed by atoms with E-state index >= 15 is 0 Å². The molecule has 0 unspecified atom stereocenters. The van der Waals surface area contributed by atoms with Gasteiger partial charge in [-0.25, -0.2) is 9.79 Å². The maximum Gasteiger partial charge on any atom is 0.338 e. The average Bonchev–Trinajstić information content (AvgIpc) is 3.13. The fraction of sp³-hybridized carbons (Fsp3) is 0.208. The van der Waals surface area contributed by atoms with Gasteiger partial charge in [-0.15, -0.1) is 0 Å². The lowest BCUT2D eigenvalue weighted by Crippen LogP contribution is -2.40. The number of thiazole rings is 1. The number of nitro benzene ring substituents is 1. The largest absolute Gasteiger partial charge is 0.502 e. The molecule has 11 heteroatoms. The second kappa shape index (κ2) is 9.55. The van der Waals surface area contributed by atoms with Crippen LogP contribution in [-0.2, 0) is 9.53 Å². The summed E-state index contributed by atoms with van der Waals surface area (Å²) in [5.41, 5.74) is 0.320. The molecule has 0 fully saturated rings. The van der Waals surface area contributed by atoms with Crippen LogP contribution in [0.3, 0.4) is 0 Å². The molecule has 0 spiro atoms. The Morgan fingerprint density at radius 2 is 2.03 bits per heavy atom. The van der Waals surface area contributed by atoms with E-state index in [0.717, 1.165) is 11.3 Å². The number of fused-ring (bicyclic) bond motifs is 1. The molecule has 1 atom stereocenters. The van der Waals surface area contributed by atoms with Crippen molar-refractivity contribution in [2.24, 2.45) is 4.99 Å². The van der Waals surface area contributed by atoms with E-state index < -0.39 is 33.9 Å². The highest BCUT2D eigenvalue weighted by molar-refractivity contribution is 7.07. The zero-order valence-electron chi connectivity index (χ0n) is 19.0. The molecule has 0 saturated heterocycles. The molecule has 0 amide bonds. The van der Waals surface area contributed by atoms with Crippen molar-refractivity contribution >= 4 is 29.1 Å². The summed E-state index contributed by atoms with van der Waals surface area (Å²) in [5.74, 6) is -0.678. The standard InChI is InChI=1S/C24H21N3O7S/c1-4-34-23(30)19-13(2)25-24-26(20(19)15-9-5-6-11-17(15)33-3)22(29)18(35-24)12-14-8-7-10-16(21(14)28)27(31)32/h5-12,20,28H,4H2,1-3H3/t20-/m1/s1. The van der Waals surface area contributed by atoms with Crippen molar-refractivity contribution < 1.29 is 24.3 Å². The molecular formula is C24H21N3O7S. The molecule has 10 nitrogen and oxygen atoms in total. The van der Waals surface area contributed by atoms with Gasteiger partial charge in [0.15, 0.2) is 4.80 Å². The van der Waals surface area contributed by atoms with Crippen molar-refractivity contribution in [2.45, 2.75) is 19.9 Å². The molecule has 2 heterocycles. The first kappa shape index (κ1) is 23.9. The Balaban J connectivity index is 2.00. The Labute approximate surface area is 202 Å². The van der Waals surface area contributed by atoms with Crippen LogP contribution in [0, 0.1) is 10.1 Å². The van der Waals surface area contributed by atoms with E-state index in [1.54, 1.807) is 38.1 Å². The molecule has 0 bridgehead atoms. The van der Waals surface area contributed by atoms with Gasteiger partial charge in [0.2, 0.25) is 5.75 Å². The van der Waals surface area contributed by atoms with Gasteiger partial charge in [0.1, 0.15) is 11.8 Å². The number of methoxy groups -OCH3 is 1. The zero-order chi connectivity index (χ0) is 25.3. The summed E-state index contributed by atoms with van der Waals surface area (Å²) >= 11 is 1.04.